The van der Waals surface area contributed by atoms with E-state index in [9.17, 15) is 4.79 Å². The molecule has 0 aliphatic heterocycles. The summed E-state index contributed by atoms with van der Waals surface area (Å²) >= 11 is 0. The molecule has 0 radical (unpaired) electrons. The van der Waals surface area contributed by atoms with E-state index in [1.54, 1.807) is 6.92 Å². The smallest absolute Gasteiger partial charge is 0.159 e. The van der Waals surface area contributed by atoms with E-state index in [0.717, 1.165) is 11.5 Å². The van der Waals surface area contributed by atoms with E-state index in [-0.39, 0.29) is 5.78 Å². The molecule has 108 valence electrons. The summed E-state index contributed by atoms with van der Waals surface area (Å²) in [5.74, 6) is 0.877. The third kappa shape index (κ3) is 3.24. The summed E-state index contributed by atoms with van der Waals surface area (Å²) in [6.45, 7) is 1.61. The van der Waals surface area contributed by atoms with Crippen molar-refractivity contribution in [2.75, 3.05) is 0 Å². The topological polar surface area (TPSA) is 17.1 Å². The van der Waals surface area contributed by atoms with Crippen LogP contribution in [0.25, 0.3) is 11.1 Å². The molecule has 0 spiro atoms. The van der Waals surface area contributed by atoms with Gasteiger partial charge in [0.1, 0.15) is 0 Å². The second-order valence-electron chi connectivity index (χ2n) is 6.09. The van der Waals surface area contributed by atoms with E-state index in [4.69, 9.17) is 0 Å². The molecular weight excluding hydrogens is 256 g/mol. The first-order valence-electron chi connectivity index (χ1n) is 7.95. The lowest BCUT2D eigenvalue weighted by molar-refractivity contribution is 0.101. The van der Waals surface area contributed by atoms with Gasteiger partial charge in [0.2, 0.25) is 0 Å². The largest absolute Gasteiger partial charge is 0.295 e. The maximum Gasteiger partial charge on any atom is 0.159 e. The molecular formula is C20H22O. The van der Waals surface area contributed by atoms with Gasteiger partial charge < -0.3 is 0 Å². The Balaban J connectivity index is 1.78. The minimum atomic E-state index is 0.120. The quantitative estimate of drug-likeness (QED) is 0.667. The summed E-state index contributed by atoms with van der Waals surface area (Å²) in [5, 5.41) is 0. The maximum absolute atomic E-state index is 11.3. The standard InChI is InChI=1S/C20H22O/c1-15(21)16-7-9-19(10-8-16)20-13-11-18(12-14-20)17-5-3-2-4-6-17/h7-14,17H,2-6H2,1H3. The number of benzene rings is 2. The van der Waals surface area contributed by atoms with Gasteiger partial charge in [0.05, 0.1) is 0 Å². The number of carbonyl (C=O) groups is 1. The van der Waals surface area contributed by atoms with Crippen LogP contribution < -0.4 is 0 Å². The van der Waals surface area contributed by atoms with E-state index in [0.29, 0.717) is 0 Å². The summed E-state index contributed by atoms with van der Waals surface area (Å²) in [5.41, 5.74) is 4.66. The Morgan fingerprint density at radius 2 is 1.33 bits per heavy atom. The van der Waals surface area contributed by atoms with Crippen LogP contribution in [-0.4, -0.2) is 5.78 Å². The maximum atomic E-state index is 11.3. The lowest BCUT2D eigenvalue weighted by atomic mass is 9.84. The number of hydrogen-bond donors (Lipinski definition) is 0. The van der Waals surface area contributed by atoms with Crippen LogP contribution in [0.4, 0.5) is 0 Å². The monoisotopic (exact) mass is 278 g/mol. The minimum absolute atomic E-state index is 0.120. The van der Waals surface area contributed by atoms with Crippen molar-refractivity contribution in [2.45, 2.75) is 44.9 Å². The first kappa shape index (κ1) is 14.1. The Hall–Kier alpha value is -1.89. The molecule has 0 heterocycles. The van der Waals surface area contributed by atoms with Crippen LogP contribution >= 0.6 is 0 Å². The molecule has 1 nitrogen and oxygen atoms in total. The molecule has 1 fully saturated rings. The van der Waals surface area contributed by atoms with Gasteiger partial charge in [-0.2, -0.15) is 0 Å². The van der Waals surface area contributed by atoms with Crippen LogP contribution in [0, 0.1) is 0 Å². The number of rotatable bonds is 3. The molecule has 0 unspecified atom stereocenters. The van der Waals surface area contributed by atoms with Crippen molar-refractivity contribution in [1.82, 2.24) is 0 Å². The number of carbonyl (C=O) groups excluding carboxylic acids is 1. The molecule has 2 aromatic carbocycles. The van der Waals surface area contributed by atoms with Crippen LogP contribution in [0.15, 0.2) is 48.5 Å². The lowest BCUT2D eigenvalue weighted by Gasteiger charge is -2.22. The molecule has 0 N–H and O–H groups in total. The van der Waals surface area contributed by atoms with Crippen molar-refractivity contribution in [2.24, 2.45) is 0 Å². The SMILES string of the molecule is CC(=O)c1ccc(-c2ccc(C3CCCCC3)cc2)cc1. The van der Waals surface area contributed by atoms with E-state index in [2.05, 4.69) is 24.3 Å². The normalized spacial score (nSPS) is 15.9. The van der Waals surface area contributed by atoms with Gasteiger partial charge in [-0.05, 0) is 42.4 Å². The number of hydrogen-bond acceptors (Lipinski definition) is 1. The van der Waals surface area contributed by atoms with Crippen molar-refractivity contribution in [3.05, 3.63) is 59.7 Å². The van der Waals surface area contributed by atoms with Gasteiger partial charge in [-0.3, -0.25) is 4.79 Å². The molecule has 1 heteroatoms. The predicted octanol–water partition coefficient (Wildman–Crippen LogP) is 5.60. The van der Waals surface area contributed by atoms with E-state index in [1.165, 1.54) is 48.8 Å². The van der Waals surface area contributed by atoms with Gasteiger partial charge in [0.15, 0.2) is 5.78 Å². The molecule has 1 saturated carbocycles. The Morgan fingerprint density at radius 3 is 1.86 bits per heavy atom. The van der Waals surface area contributed by atoms with Crippen molar-refractivity contribution >= 4 is 5.78 Å². The third-order valence-electron chi connectivity index (χ3n) is 4.61. The highest BCUT2D eigenvalue weighted by Crippen LogP contribution is 2.33. The fourth-order valence-corrected chi connectivity index (χ4v) is 3.28. The summed E-state index contributed by atoms with van der Waals surface area (Å²) < 4.78 is 0. The van der Waals surface area contributed by atoms with Crippen molar-refractivity contribution in [1.29, 1.82) is 0 Å². The second-order valence-corrected chi connectivity index (χ2v) is 6.09. The van der Waals surface area contributed by atoms with Gasteiger partial charge in [0.25, 0.3) is 0 Å². The Labute approximate surface area is 127 Å². The average molecular weight is 278 g/mol. The molecule has 0 bridgehead atoms. The zero-order valence-corrected chi connectivity index (χ0v) is 12.6. The van der Waals surface area contributed by atoms with Crippen molar-refractivity contribution in [3.63, 3.8) is 0 Å². The number of ketones is 1. The van der Waals surface area contributed by atoms with Crippen molar-refractivity contribution < 1.29 is 4.79 Å². The molecule has 0 amide bonds. The fraction of sp³-hybridized carbons (Fsp3) is 0.350. The summed E-state index contributed by atoms with van der Waals surface area (Å²) in [6.07, 6.45) is 6.83. The van der Waals surface area contributed by atoms with Crippen LogP contribution in [0.5, 0.6) is 0 Å². The fourth-order valence-electron chi connectivity index (χ4n) is 3.28. The van der Waals surface area contributed by atoms with E-state index >= 15 is 0 Å². The van der Waals surface area contributed by atoms with Gasteiger partial charge in [-0.25, -0.2) is 0 Å². The predicted molar refractivity (Wildman–Crippen MR) is 87.7 cm³/mol. The van der Waals surface area contributed by atoms with E-state index < -0.39 is 0 Å². The van der Waals surface area contributed by atoms with E-state index in [1.807, 2.05) is 24.3 Å². The Morgan fingerprint density at radius 1 is 0.810 bits per heavy atom. The average Bonchev–Trinajstić information content (AvgIpc) is 2.56. The first-order valence-corrected chi connectivity index (χ1v) is 7.95. The highest BCUT2D eigenvalue weighted by atomic mass is 16.1. The molecule has 2 aromatic rings. The highest BCUT2D eigenvalue weighted by Gasteiger charge is 2.15. The van der Waals surface area contributed by atoms with Gasteiger partial charge >= 0.3 is 0 Å². The highest BCUT2D eigenvalue weighted by molar-refractivity contribution is 5.94. The van der Waals surface area contributed by atoms with Gasteiger partial charge in [-0.15, -0.1) is 0 Å². The molecule has 1 aliphatic rings. The minimum Gasteiger partial charge on any atom is -0.295 e. The van der Waals surface area contributed by atoms with Crippen LogP contribution in [0.1, 0.15) is 60.9 Å². The zero-order valence-electron chi connectivity index (χ0n) is 12.6. The first-order chi connectivity index (χ1) is 10.2. The Kier molecular flexibility index (Phi) is 4.19. The molecule has 3 rings (SSSR count). The summed E-state index contributed by atoms with van der Waals surface area (Å²) in [4.78, 5) is 11.3. The summed E-state index contributed by atoms with van der Waals surface area (Å²) in [7, 11) is 0. The molecule has 0 saturated heterocycles. The summed E-state index contributed by atoms with van der Waals surface area (Å²) in [6, 6.07) is 16.9. The van der Waals surface area contributed by atoms with Crippen LogP contribution in [0.2, 0.25) is 0 Å². The second kappa shape index (κ2) is 6.26. The zero-order chi connectivity index (χ0) is 14.7. The molecule has 21 heavy (non-hydrogen) atoms. The number of Topliss-reactive ketones (excluding diaryl/α,β-unsaturated/α-hetero) is 1. The third-order valence-corrected chi connectivity index (χ3v) is 4.61. The van der Waals surface area contributed by atoms with Crippen LogP contribution in [-0.2, 0) is 0 Å². The lowest BCUT2D eigenvalue weighted by Crippen LogP contribution is -2.04. The molecule has 0 atom stereocenters. The van der Waals surface area contributed by atoms with Crippen molar-refractivity contribution in [3.8, 4) is 11.1 Å². The van der Waals surface area contributed by atoms with Crippen LogP contribution in [0.3, 0.4) is 0 Å². The Bertz CT molecular complexity index is 601. The molecule has 1 aliphatic carbocycles. The van der Waals surface area contributed by atoms with Gasteiger partial charge in [-0.1, -0.05) is 67.8 Å². The van der Waals surface area contributed by atoms with Gasteiger partial charge in [0, 0.05) is 5.56 Å². The molecule has 0 aromatic heterocycles.